The third-order valence-corrected chi connectivity index (χ3v) is 9.08. The Morgan fingerprint density at radius 1 is 0.750 bits per heavy atom. The Bertz CT molecular complexity index is 2200. The number of ether oxygens (including phenoxy) is 1. The third kappa shape index (κ3) is 6.24. The topological polar surface area (TPSA) is 44.9 Å². The first-order valence-corrected chi connectivity index (χ1v) is 16.7. The minimum atomic E-state index is 0. The molecule has 7 aromatic rings. The monoisotopic (exact) mass is 811 g/mol. The molecule has 0 bridgehead atoms. The minimum absolute atomic E-state index is 0. The predicted molar refractivity (Wildman–Crippen MR) is 192 cm³/mol. The fourth-order valence-electron chi connectivity index (χ4n) is 6.46. The van der Waals surface area contributed by atoms with Gasteiger partial charge < -0.3 is 9.30 Å². The van der Waals surface area contributed by atoms with Crippen molar-refractivity contribution in [1.82, 2.24) is 19.3 Å². The number of nitrogens with zero attached hydrogens (tertiary/aromatic N) is 4. The second kappa shape index (κ2) is 13.9. The van der Waals surface area contributed by atoms with Gasteiger partial charge in [0.15, 0.2) is 0 Å². The van der Waals surface area contributed by atoms with Crippen LogP contribution in [-0.2, 0) is 33.9 Å². The molecule has 0 fully saturated rings. The molecule has 0 aliphatic heterocycles. The van der Waals surface area contributed by atoms with Crippen LogP contribution in [0, 0.1) is 12.1 Å². The number of aryl methyl sites for hydroxylation is 2. The summed E-state index contributed by atoms with van der Waals surface area (Å²) in [6, 6.07) is 34.7. The van der Waals surface area contributed by atoms with Gasteiger partial charge in [-0.2, -0.15) is 11.2 Å². The van der Waals surface area contributed by atoms with Gasteiger partial charge in [-0.25, -0.2) is 4.98 Å². The first-order chi connectivity index (χ1) is 22.8. The van der Waals surface area contributed by atoms with Crippen LogP contribution in [0.1, 0.15) is 75.6 Å². The fourth-order valence-corrected chi connectivity index (χ4v) is 6.46. The van der Waals surface area contributed by atoms with Gasteiger partial charge in [0.25, 0.3) is 0 Å². The van der Waals surface area contributed by atoms with E-state index >= 15 is 0 Å². The van der Waals surface area contributed by atoms with Gasteiger partial charge in [0.1, 0.15) is 5.82 Å². The molecule has 0 saturated carbocycles. The van der Waals surface area contributed by atoms with E-state index in [-0.39, 0.29) is 21.1 Å². The number of rotatable bonds is 9. The minimum Gasteiger partial charge on any atom is -0.509 e. The molecule has 7 rings (SSSR count). The number of para-hydroxylation sites is 1. The zero-order chi connectivity index (χ0) is 32.7. The Labute approximate surface area is 297 Å². The van der Waals surface area contributed by atoms with Crippen molar-refractivity contribution in [3.8, 4) is 34.1 Å². The fraction of sp³-hybridized carbons (Fsp3) is 0.238. The zero-order valence-electron chi connectivity index (χ0n) is 28.3. The van der Waals surface area contributed by atoms with Gasteiger partial charge >= 0.3 is 21.1 Å². The second-order valence-corrected chi connectivity index (χ2v) is 12.8. The molecule has 0 unspecified atom stereocenters. The summed E-state index contributed by atoms with van der Waals surface area (Å²) in [5, 5.41) is 7.06. The Morgan fingerprint density at radius 3 is 2.23 bits per heavy atom. The van der Waals surface area contributed by atoms with Crippen LogP contribution in [0.4, 0.5) is 0 Å². The van der Waals surface area contributed by atoms with E-state index in [2.05, 4.69) is 137 Å². The number of pyridine rings is 1. The van der Waals surface area contributed by atoms with Gasteiger partial charge in [-0.1, -0.05) is 83.5 Å². The standard InChI is InChI=1S/C42H40N4O.Pt/c1-7-29-12-11-13-30(8-2)42(29)33-25-44-45(26-33)34-20-32(28(5)6)21-36(23-34)47-35-16-17-38-37-14-9-10-15-39(37)46(40(38)24-35)41-22-31(27(3)4)18-19-43-41;/h9-22,25-28H,7-8H2,1-6H3;/q-2;+2. The van der Waals surface area contributed by atoms with Crippen molar-refractivity contribution >= 4 is 21.8 Å². The molecule has 48 heavy (non-hydrogen) atoms. The van der Waals surface area contributed by atoms with Crippen molar-refractivity contribution in [1.29, 1.82) is 0 Å². The molecular weight excluding hydrogens is 772 g/mol. The van der Waals surface area contributed by atoms with Crippen LogP contribution in [0.3, 0.4) is 0 Å². The first kappa shape index (κ1) is 33.4. The number of benzene rings is 4. The molecule has 5 nitrogen and oxygen atoms in total. The van der Waals surface area contributed by atoms with Crippen molar-refractivity contribution in [3.05, 3.63) is 132 Å². The second-order valence-electron chi connectivity index (χ2n) is 12.8. The van der Waals surface area contributed by atoms with Gasteiger partial charge in [0.2, 0.25) is 0 Å². The van der Waals surface area contributed by atoms with E-state index in [0.717, 1.165) is 57.3 Å². The number of hydrogen-bond donors (Lipinski definition) is 0. The Kier molecular flexibility index (Phi) is 9.71. The van der Waals surface area contributed by atoms with E-state index < -0.39 is 0 Å². The van der Waals surface area contributed by atoms with E-state index in [1.807, 2.05) is 23.1 Å². The summed E-state index contributed by atoms with van der Waals surface area (Å²) in [5.74, 6) is 2.81. The summed E-state index contributed by atoms with van der Waals surface area (Å²) in [6.07, 6.45) is 7.92. The third-order valence-electron chi connectivity index (χ3n) is 9.08. The van der Waals surface area contributed by atoms with Crippen molar-refractivity contribution < 1.29 is 25.8 Å². The molecule has 3 heterocycles. The molecule has 6 heteroatoms. The number of aromatic nitrogens is 4. The summed E-state index contributed by atoms with van der Waals surface area (Å²) in [4.78, 5) is 4.79. The van der Waals surface area contributed by atoms with Crippen molar-refractivity contribution in [3.63, 3.8) is 0 Å². The molecule has 0 saturated heterocycles. The molecule has 0 aliphatic carbocycles. The number of fused-ring (bicyclic) bond motifs is 3. The smallest absolute Gasteiger partial charge is 0.509 e. The van der Waals surface area contributed by atoms with E-state index in [1.54, 1.807) is 0 Å². The maximum absolute atomic E-state index is 6.57. The summed E-state index contributed by atoms with van der Waals surface area (Å²) in [7, 11) is 0. The number of hydrogen-bond acceptors (Lipinski definition) is 3. The van der Waals surface area contributed by atoms with E-state index in [9.17, 15) is 0 Å². The van der Waals surface area contributed by atoms with Crippen molar-refractivity contribution in [2.24, 2.45) is 0 Å². The Hall–Kier alpha value is -4.47. The van der Waals surface area contributed by atoms with E-state index in [0.29, 0.717) is 23.3 Å². The Morgan fingerprint density at radius 2 is 1.50 bits per heavy atom. The Balaban J connectivity index is 0.00000401. The average molecular weight is 812 g/mol. The quantitative estimate of drug-likeness (QED) is 0.136. The molecule has 0 atom stereocenters. The summed E-state index contributed by atoms with van der Waals surface area (Å²) in [6.45, 7) is 13.2. The van der Waals surface area contributed by atoms with Crippen LogP contribution in [-0.4, -0.2) is 19.3 Å². The van der Waals surface area contributed by atoms with E-state index in [4.69, 9.17) is 14.8 Å². The van der Waals surface area contributed by atoms with Crippen molar-refractivity contribution in [2.45, 2.75) is 66.2 Å². The summed E-state index contributed by atoms with van der Waals surface area (Å²) >= 11 is 0. The van der Waals surface area contributed by atoms with Crippen LogP contribution < -0.4 is 4.74 Å². The summed E-state index contributed by atoms with van der Waals surface area (Å²) < 4.78 is 10.7. The normalized spacial score (nSPS) is 11.5. The van der Waals surface area contributed by atoms with Gasteiger partial charge in [0.05, 0.1) is 6.20 Å². The molecular formula is C42H40N4OPt. The van der Waals surface area contributed by atoms with Gasteiger partial charge in [-0.3, -0.25) is 4.68 Å². The molecule has 0 radical (unpaired) electrons. The maximum atomic E-state index is 6.57. The van der Waals surface area contributed by atoms with Crippen LogP contribution in [0.2, 0.25) is 0 Å². The predicted octanol–water partition coefficient (Wildman–Crippen LogP) is 10.8. The van der Waals surface area contributed by atoms with Gasteiger partial charge in [-0.05, 0) is 76.2 Å². The summed E-state index contributed by atoms with van der Waals surface area (Å²) in [5.41, 5.74) is 10.3. The maximum Gasteiger partial charge on any atom is 2.00 e. The van der Waals surface area contributed by atoms with Crippen LogP contribution in [0.15, 0.2) is 97.5 Å². The molecule has 0 spiro atoms. The first-order valence-electron chi connectivity index (χ1n) is 16.7. The van der Waals surface area contributed by atoms with Gasteiger partial charge in [-0.15, -0.1) is 41.3 Å². The zero-order valence-corrected chi connectivity index (χ0v) is 30.6. The molecule has 0 N–H and O–H groups in total. The molecule has 0 amide bonds. The molecule has 0 aliphatic rings. The van der Waals surface area contributed by atoms with Crippen LogP contribution in [0.5, 0.6) is 11.5 Å². The molecule has 3 aromatic heterocycles. The molecule has 4 aromatic carbocycles. The SMILES string of the molecule is CCc1cccc(CC)c1-c1cnn(-c2[c-]c(Oc3[c-]c4c(cc3)c3ccccc3n4-c3cc(C(C)C)ccn3)cc(C(C)C)c2)c1.[Pt+2]. The van der Waals surface area contributed by atoms with Crippen LogP contribution in [0.25, 0.3) is 44.4 Å². The van der Waals surface area contributed by atoms with Crippen LogP contribution >= 0.6 is 0 Å². The average Bonchev–Trinajstić information content (AvgIpc) is 3.71. The van der Waals surface area contributed by atoms with E-state index in [1.165, 1.54) is 22.3 Å². The molecule has 244 valence electrons. The largest absolute Gasteiger partial charge is 2.00 e. The van der Waals surface area contributed by atoms with Crippen molar-refractivity contribution in [2.75, 3.05) is 0 Å². The van der Waals surface area contributed by atoms with Gasteiger partial charge in [0, 0.05) is 35.0 Å².